The predicted molar refractivity (Wildman–Crippen MR) is 81.0 cm³/mol. The first-order valence-electron chi connectivity index (χ1n) is 7.91. The lowest BCUT2D eigenvalue weighted by molar-refractivity contribution is 0.105. The Bertz CT molecular complexity index is 220. The van der Waals surface area contributed by atoms with E-state index in [1.165, 1.54) is 45.2 Å². The topological polar surface area (TPSA) is 15.3 Å². The van der Waals surface area contributed by atoms with Crippen molar-refractivity contribution in [2.75, 3.05) is 19.6 Å². The second-order valence-corrected chi connectivity index (χ2v) is 7.15. The molecule has 0 spiro atoms. The van der Waals surface area contributed by atoms with E-state index in [4.69, 9.17) is 0 Å². The van der Waals surface area contributed by atoms with Gasteiger partial charge in [-0.3, -0.25) is 4.90 Å². The molecule has 0 aromatic rings. The van der Waals surface area contributed by atoms with Crippen molar-refractivity contribution in [1.82, 2.24) is 10.2 Å². The summed E-state index contributed by atoms with van der Waals surface area (Å²) in [6.07, 6.45) is 6.72. The highest BCUT2D eigenvalue weighted by molar-refractivity contribution is 4.85. The zero-order valence-corrected chi connectivity index (χ0v) is 13.3. The SMILES string of the molecule is CCCNC(C)C1CCCCN1CCC(C)(C)C. The highest BCUT2D eigenvalue weighted by Crippen LogP contribution is 2.24. The maximum Gasteiger partial charge on any atom is 0.0246 e. The fourth-order valence-corrected chi connectivity index (χ4v) is 2.85. The molecule has 1 N–H and O–H groups in total. The first kappa shape index (κ1) is 16.0. The normalized spacial score (nSPS) is 24.2. The molecule has 1 aliphatic heterocycles. The van der Waals surface area contributed by atoms with Crippen molar-refractivity contribution in [2.24, 2.45) is 5.41 Å². The lowest BCUT2D eigenvalue weighted by Crippen LogP contribution is -2.51. The van der Waals surface area contributed by atoms with Crippen LogP contribution >= 0.6 is 0 Å². The van der Waals surface area contributed by atoms with Gasteiger partial charge in [0, 0.05) is 12.1 Å². The standard InChI is InChI=1S/C16H34N2/c1-6-11-17-14(2)15-9-7-8-12-18(15)13-10-16(3,4)5/h14-15,17H,6-13H2,1-5H3. The fraction of sp³-hybridized carbons (Fsp3) is 1.00. The summed E-state index contributed by atoms with van der Waals surface area (Å²) in [5.74, 6) is 0. The van der Waals surface area contributed by atoms with Crippen molar-refractivity contribution < 1.29 is 0 Å². The van der Waals surface area contributed by atoms with Crippen molar-refractivity contribution >= 4 is 0 Å². The summed E-state index contributed by atoms with van der Waals surface area (Å²) in [5, 5.41) is 3.69. The van der Waals surface area contributed by atoms with Gasteiger partial charge in [-0.05, 0) is 57.7 Å². The average Bonchev–Trinajstić information content (AvgIpc) is 2.33. The number of hydrogen-bond donors (Lipinski definition) is 1. The van der Waals surface area contributed by atoms with Crippen LogP contribution in [0.25, 0.3) is 0 Å². The van der Waals surface area contributed by atoms with E-state index >= 15 is 0 Å². The molecule has 0 aliphatic carbocycles. The Labute approximate surface area is 115 Å². The first-order chi connectivity index (χ1) is 8.44. The Hall–Kier alpha value is -0.0800. The molecule has 0 radical (unpaired) electrons. The second-order valence-electron chi connectivity index (χ2n) is 7.15. The smallest absolute Gasteiger partial charge is 0.0246 e. The predicted octanol–water partition coefficient (Wildman–Crippen LogP) is 3.67. The summed E-state index contributed by atoms with van der Waals surface area (Å²) in [7, 11) is 0. The van der Waals surface area contributed by atoms with E-state index in [0.29, 0.717) is 11.5 Å². The summed E-state index contributed by atoms with van der Waals surface area (Å²) in [4.78, 5) is 2.74. The number of piperidine rings is 1. The third kappa shape index (κ3) is 5.71. The van der Waals surface area contributed by atoms with Gasteiger partial charge in [0.2, 0.25) is 0 Å². The van der Waals surface area contributed by atoms with Crippen molar-refractivity contribution in [3.63, 3.8) is 0 Å². The third-order valence-corrected chi connectivity index (χ3v) is 4.11. The largest absolute Gasteiger partial charge is 0.313 e. The minimum atomic E-state index is 0.460. The molecule has 108 valence electrons. The van der Waals surface area contributed by atoms with E-state index in [1.54, 1.807) is 0 Å². The molecule has 2 heteroatoms. The Morgan fingerprint density at radius 2 is 2.00 bits per heavy atom. The van der Waals surface area contributed by atoms with Gasteiger partial charge in [0.1, 0.15) is 0 Å². The molecule has 2 nitrogen and oxygen atoms in total. The van der Waals surface area contributed by atoms with E-state index in [-0.39, 0.29) is 0 Å². The van der Waals surface area contributed by atoms with Crippen LogP contribution in [0, 0.1) is 5.41 Å². The Morgan fingerprint density at radius 1 is 1.28 bits per heavy atom. The number of hydrogen-bond acceptors (Lipinski definition) is 2. The molecule has 1 heterocycles. The summed E-state index contributed by atoms with van der Waals surface area (Å²) in [6.45, 7) is 15.4. The zero-order valence-electron chi connectivity index (χ0n) is 13.3. The van der Waals surface area contributed by atoms with Crippen LogP contribution in [0.1, 0.15) is 66.7 Å². The van der Waals surface area contributed by atoms with E-state index < -0.39 is 0 Å². The lowest BCUT2D eigenvalue weighted by Gasteiger charge is -2.40. The highest BCUT2D eigenvalue weighted by Gasteiger charge is 2.27. The highest BCUT2D eigenvalue weighted by atomic mass is 15.2. The maximum absolute atomic E-state index is 3.69. The summed E-state index contributed by atoms with van der Waals surface area (Å²) in [6, 6.07) is 1.40. The van der Waals surface area contributed by atoms with Crippen LogP contribution in [0.15, 0.2) is 0 Å². The number of likely N-dealkylation sites (tertiary alicyclic amines) is 1. The maximum atomic E-state index is 3.69. The number of nitrogens with zero attached hydrogens (tertiary/aromatic N) is 1. The van der Waals surface area contributed by atoms with E-state index in [1.807, 2.05) is 0 Å². The van der Waals surface area contributed by atoms with E-state index in [2.05, 4.69) is 44.8 Å². The van der Waals surface area contributed by atoms with E-state index in [9.17, 15) is 0 Å². The van der Waals surface area contributed by atoms with Crippen LogP contribution in [-0.4, -0.2) is 36.6 Å². The van der Waals surface area contributed by atoms with Gasteiger partial charge >= 0.3 is 0 Å². The van der Waals surface area contributed by atoms with Gasteiger partial charge in [0.15, 0.2) is 0 Å². The van der Waals surface area contributed by atoms with Crippen LogP contribution in [0.3, 0.4) is 0 Å². The quantitative estimate of drug-likeness (QED) is 0.778. The molecule has 2 unspecified atom stereocenters. The summed E-state index contributed by atoms with van der Waals surface area (Å²) >= 11 is 0. The molecule has 2 atom stereocenters. The molecular formula is C16H34N2. The van der Waals surface area contributed by atoms with Crippen molar-refractivity contribution in [3.05, 3.63) is 0 Å². The zero-order chi connectivity index (χ0) is 13.6. The van der Waals surface area contributed by atoms with Gasteiger partial charge in [-0.25, -0.2) is 0 Å². The molecule has 0 saturated carbocycles. The van der Waals surface area contributed by atoms with Crippen LogP contribution in [0.4, 0.5) is 0 Å². The molecule has 0 amide bonds. The van der Waals surface area contributed by atoms with Crippen molar-refractivity contribution in [2.45, 2.75) is 78.8 Å². The third-order valence-electron chi connectivity index (χ3n) is 4.11. The monoisotopic (exact) mass is 254 g/mol. The van der Waals surface area contributed by atoms with Gasteiger partial charge in [-0.2, -0.15) is 0 Å². The molecule has 1 rings (SSSR count). The summed E-state index contributed by atoms with van der Waals surface area (Å²) < 4.78 is 0. The Morgan fingerprint density at radius 3 is 2.61 bits per heavy atom. The van der Waals surface area contributed by atoms with Gasteiger partial charge < -0.3 is 5.32 Å². The van der Waals surface area contributed by atoms with Crippen LogP contribution in [-0.2, 0) is 0 Å². The average molecular weight is 254 g/mol. The van der Waals surface area contributed by atoms with Gasteiger partial charge in [-0.15, -0.1) is 0 Å². The number of nitrogens with one attached hydrogen (secondary N) is 1. The molecule has 0 bridgehead atoms. The molecule has 1 aliphatic rings. The molecular weight excluding hydrogens is 220 g/mol. The van der Waals surface area contributed by atoms with Crippen molar-refractivity contribution in [3.8, 4) is 0 Å². The van der Waals surface area contributed by atoms with Gasteiger partial charge in [0.25, 0.3) is 0 Å². The van der Waals surface area contributed by atoms with Crippen LogP contribution < -0.4 is 5.32 Å². The molecule has 1 fully saturated rings. The summed E-state index contributed by atoms with van der Waals surface area (Å²) in [5.41, 5.74) is 0.460. The minimum Gasteiger partial charge on any atom is -0.313 e. The molecule has 1 saturated heterocycles. The molecule has 0 aromatic carbocycles. The lowest BCUT2D eigenvalue weighted by atomic mass is 9.90. The van der Waals surface area contributed by atoms with Gasteiger partial charge in [-0.1, -0.05) is 34.1 Å². The van der Waals surface area contributed by atoms with Crippen molar-refractivity contribution in [1.29, 1.82) is 0 Å². The number of rotatable bonds is 6. The van der Waals surface area contributed by atoms with Crippen LogP contribution in [0.2, 0.25) is 0 Å². The fourth-order valence-electron chi connectivity index (χ4n) is 2.85. The van der Waals surface area contributed by atoms with Gasteiger partial charge in [0.05, 0.1) is 0 Å². The Balaban J connectivity index is 2.45. The molecule has 18 heavy (non-hydrogen) atoms. The minimum absolute atomic E-state index is 0.460. The second kappa shape index (κ2) is 7.49. The Kier molecular flexibility index (Phi) is 6.65. The molecule has 0 aromatic heterocycles. The first-order valence-corrected chi connectivity index (χ1v) is 7.91. The van der Waals surface area contributed by atoms with E-state index in [0.717, 1.165) is 12.6 Å². The van der Waals surface area contributed by atoms with Crippen LogP contribution in [0.5, 0.6) is 0 Å².